The minimum Gasteiger partial charge on any atom is -0.491 e. The number of epoxide rings is 1. The van der Waals surface area contributed by atoms with Gasteiger partial charge in [-0.3, -0.25) is 0 Å². The summed E-state index contributed by atoms with van der Waals surface area (Å²) in [6.45, 7) is 8.26. The largest absolute Gasteiger partial charge is 0.491 e. The van der Waals surface area contributed by atoms with Gasteiger partial charge < -0.3 is 9.47 Å². The summed E-state index contributed by atoms with van der Waals surface area (Å²) in [5, 5.41) is 0. The van der Waals surface area contributed by atoms with Crippen molar-refractivity contribution < 1.29 is 9.47 Å². The molecular weight excluding hydrogens is 200 g/mol. The average Bonchev–Trinajstić information content (AvgIpc) is 2.98. The van der Waals surface area contributed by atoms with Gasteiger partial charge in [-0.05, 0) is 23.5 Å². The lowest BCUT2D eigenvalue weighted by atomic mass is 9.88. The van der Waals surface area contributed by atoms with Crippen LogP contribution in [0.3, 0.4) is 0 Å². The smallest absolute Gasteiger partial charge is 0.122 e. The van der Waals surface area contributed by atoms with E-state index < -0.39 is 0 Å². The monoisotopic (exact) mass is 220 g/mol. The predicted octanol–water partition coefficient (Wildman–Crippen LogP) is 3.05. The van der Waals surface area contributed by atoms with Crippen LogP contribution >= 0.6 is 0 Å². The molecule has 1 aromatic carbocycles. The molecule has 2 heteroatoms. The molecule has 0 aromatic heterocycles. The highest BCUT2D eigenvalue weighted by molar-refractivity contribution is 5.34. The molecule has 0 spiro atoms. The summed E-state index contributed by atoms with van der Waals surface area (Å²) in [5.74, 6) is 1.01. The number of para-hydroxylation sites is 1. The van der Waals surface area contributed by atoms with Crippen molar-refractivity contribution >= 4 is 0 Å². The van der Waals surface area contributed by atoms with Crippen LogP contribution in [0.15, 0.2) is 24.3 Å². The fraction of sp³-hybridized carbons (Fsp3) is 0.571. The second-order valence-electron chi connectivity index (χ2n) is 5.61. The topological polar surface area (TPSA) is 21.8 Å². The molecule has 0 aliphatic carbocycles. The van der Waals surface area contributed by atoms with E-state index in [1.165, 1.54) is 5.56 Å². The summed E-state index contributed by atoms with van der Waals surface area (Å²) >= 11 is 0. The van der Waals surface area contributed by atoms with Crippen LogP contribution in [0.2, 0.25) is 0 Å². The molecule has 2 rings (SSSR count). The molecule has 0 radical (unpaired) electrons. The third-order valence-corrected chi connectivity index (χ3v) is 2.52. The Balaban J connectivity index is 2.03. The highest BCUT2D eigenvalue weighted by atomic mass is 16.6. The fourth-order valence-corrected chi connectivity index (χ4v) is 1.71. The zero-order valence-corrected chi connectivity index (χ0v) is 10.3. The van der Waals surface area contributed by atoms with Crippen LogP contribution in [0.1, 0.15) is 26.3 Å². The highest BCUT2D eigenvalue weighted by Crippen LogP contribution is 2.27. The van der Waals surface area contributed by atoms with E-state index in [2.05, 4.69) is 32.9 Å². The first-order chi connectivity index (χ1) is 7.54. The third-order valence-electron chi connectivity index (χ3n) is 2.52. The van der Waals surface area contributed by atoms with Gasteiger partial charge in [0.15, 0.2) is 0 Å². The van der Waals surface area contributed by atoms with Gasteiger partial charge in [-0.25, -0.2) is 0 Å². The van der Waals surface area contributed by atoms with Crippen molar-refractivity contribution in [2.24, 2.45) is 5.41 Å². The molecule has 1 atom stereocenters. The Kier molecular flexibility index (Phi) is 3.20. The SMILES string of the molecule is CC(C)(C)Cc1ccccc1OCC1CO1. The number of ether oxygens (including phenoxy) is 2. The molecule has 0 bridgehead atoms. The molecule has 0 saturated carbocycles. The zero-order valence-electron chi connectivity index (χ0n) is 10.3. The Labute approximate surface area is 97.6 Å². The minimum atomic E-state index is 0.287. The van der Waals surface area contributed by atoms with Gasteiger partial charge in [0.2, 0.25) is 0 Å². The Morgan fingerprint density at radius 1 is 1.31 bits per heavy atom. The molecule has 1 aliphatic heterocycles. The van der Waals surface area contributed by atoms with E-state index >= 15 is 0 Å². The highest BCUT2D eigenvalue weighted by Gasteiger charge is 2.23. The molecule has 1 aromatic rings. The van der Waals surface area contributed by atoms with Crippen molar-refractivity contribution in [2.75, 3.05) is 13.2 Å². The number of benzene rings is 1. The quantitative estimate of drug-likeness (QED) is 0.727. The lowest BCUT2D eigenvalue weighted by Crippen LogP contribution is -2.12. The third kappa shape index (κ3) is 3.53. The van der Waals surface area contributed by atoms with Crippen molar-refractivity contribution in [1.29, 1.82) is 0 Å². The molecule has 88 valence electrons. The molecule has 1 aliphatic rings. The van der Waals surface area contributed by atoms with E-state index in [0.29, 0.717) is 12.7 Å². The maximum absolute atomic E-state index is 5.78. The van der Waals surface area contributed by atoms with Gasteiger partial charge in [0.25, 0.3) is 0 Å². The van der Waals surface area contributed by atoms with Crippen molar-refractivity contribution in [2.45, 2.75) is 33.3 Å². The molecule has 16 heavy (non-hydrogen) atoms. The molecule has 0 N–H and O–H groups in total. The van der Waals surface area contributed by atoms with Crippen LogP contribution in [0, 0.1) is 5.41 Å². The minimum absolute atomic E-state index is 0.287. The fourth-order valence-electron chi connectivity index (χ4n) is 1.71. The lowest BCUT2D eigenvalue weighted by Gasteiger charge is -2.20. The van der Waals surface area contributed by atoms with Gasteiger partial charge in [0.1, 0.15) is 18.5 Å². The summed E-state index contributed by atoms with van der Waals surface area (Å²) in [6, 6.07) is 8.29. The molecule has 1 unspecified atom stereocenters. The van der Waals surface area contributed by atoms with Crippen LogP contribution in [-0.2, 0) is 11.2 Å². The van der Waals surface area contributed by atoms with Gasteiger partial charge in [-0.15, -0.1) is 0 Å². The lowest BCUT2D eigenvalue weighted by molar-refractivity contribution is 0.258. The average molecular weight is 220 g/mol. The van der Waals surface area contributed by atoms with E-state index in [-0.39, 0.29) is 5.41 Å². The molecular formula is C14H20O2. The molecule has 1 saturated heterocycles. The number of hydrogen-bond donors (Lipinski definition) is 0. The first kappa shape index (κ1) is 11.5. The second kappa shape index (κ2) is 4.46. The summed E-state index contributed by atoms with van der Waals surface area (Å²) in [4.78, 5) is 0. The van der Waals surface area contributed by atoms with E-state index in [4.69, 9.17) is 9.47 Å². The number of rotatable bonds is 4. The standard InChI is InChI=1S/C14H20O2/c1-14(2,3)8-11-6-4-5-7-13(11)16-10-12-9-15-12/h4-7,12H,8-10H2,1-3H3. The van der Waals surface area contributed by atoms with Crippen LogP contribution in [0.4, 0.5) is 0 Å². The maximum atomic E-state index is 5.78. The molecule has 1 fully saturated rings. The van der Waals surface area contributed by atoms with E-state index in [1.807, 2.05) is 12.1 Å². The maximum Gasteiger partial charge on any atom is 0.122 e. The Morgan fingerprint density at radius 2 is 2.00 bits per heavy atom. The first-order valence-electron chi connectivity index (χ1n) is 5.87. The van der Waals surface area contributed by atoms with E-state index in [9.17, 15) is 0 Å². The van der Waals surface area contributed by atoms with Crippen molar-refractivity contribution in [3.63, 3.8) is 0 Å². The van der Waals surface area contributed by atoms with Crippen molar-refractivity contribution in [3.8, 4) is 5.75 Å². The summed E-state index contributed by atoms with van der Waals surface area (Å²) in [5.41, 5.74) is 1.57. The molecule has 0 amide bonds. The number of hydrogen-bond acceptors (Lipinski definition) is 2. The predicted molar refractivity (Wildman–Crippen MR) is 64.8 cm³/mol. The van der Waals surface area contributed by atoms with Gasteiger partial charge >= 0.3 is 0 Å². The van der Waals surface area contributed by atoms with Crippen LogP contribution in [-0.4, -0.2) is 19.3 Å². The van der Waals surface area contributed by atoms with Gasteiger partial charge in [0.05, 0.1) is 6.61 Å². The Morgan fingerprint density at radius 3 is 2.62 bits per heavy atom. The first-order valence-corrected chi connectivity index (χ1v) is 5.87. The zero-order chi connectivity index (χ0) is 11.6. The van der Waals surface area contributed by atoms with Gasteiger partial charge in [-0.2, -0.15) is 0 Å². The molecule has 1 heterocycles. The summed E-state index contributed by atoms with van der Waals surface area (Å²) < 4.78 is 10.9. The van der Waals surface area contributed by atoms with Crippen molar-refractivity contribution in [1.82, 2.24) is 0 Å². The van der Waals surface area contributed by atoms with Crippen LogP contribution < -0.4 is 4.74 Å². The van der Waals surface area contributed by atoms with Crippen LogP contribution in [0.25, 0.3) is 0 Å². The normalized spacial score (nSPS) is 19.6. The summed E-state index contributed by atoms with van der Waals surface area (Å²) in [7, 11) is 0. The Bertz CT molecular complexity index is 348. The van der Waals surface area contributed by atoms with Gasteiger partial charge in [0, 0.05) is 0 Å². The van der Waals surface area contributed by atoms with Crippen molar-refractivity contribution in [3.05, 3.63) is 29.8 Å². The molecule has 2 nitrogen and oxygen atoms in total. The van der Waals surface area contributed by atoms with Gasteiger partial charge in [-0.1, -0.05) is 39.0 Å². The Hall–Kier alpha value is -1.02. The summed E-state index contributed by atoms with van der Waals surface area (Å²) in [6.07, 6.45) is 1.36. The van der Waals surface area contributed by atoms with E-state index in [0.717, 1.165) is 18.8 Å². The second-order valence-corrected chi connectivity index (χ2v) is 5.61. The van der Waals surface area contributed by atoms with E-state index in [1.54, 1.807) is 0 Å². The van der Waals surface area contributed by atoms with Crippen LogP contribution in [0.5, 0.6) is 5.75 Å².